The molecular formula is C19H20N2O2. The number of rotatable bonds is 1. The van der Waals surface area contributed by atoms with Crippen LogP contribution in [-0.4, -0.2) is 42.1 Å². The van der Waals surface area contributed by atoms with Crippen molar-refractivity contribution >= 4 is 27.7 Å². The van der Waals surface area contributed by atoms with Crippen LogP contribution < -0.4 is 0 Å². The van der Waals surface area contributed by atoms with Crippen LogP contribution >= 0.6 is 0 Å². The molecule has 0 aliphatic carbocycles. The lowest BCUT2D eigenvalue weighted by Gasteiger charge is -2.27. The highest BCUT2D eigenvalue weighted by atomic mass is 16.5. The first kappa shape index (κ1) is 14.3. The molecule has 1 fully saturated rings. The minimum atomic E-state index is 0.0832. The largest absolute Gasteiger partial charge is 0.378 e. The Balaban J connectivity index is 1.90. The van der Waals surface area contributed by atoms with E-state index < -0.39 is 0 Å². The smallest absolute Gasteiger partial charge is 0.256 e. The summed E-state index contributed by atoms with van der Waals surface area (Å²) in [6, 6.07) is 10.2. The number of morpholine rings is 1. The van der Waals surface area contributed by atoms with E-state index in [0.29, 0.717) is 26.3 Å². The Morgan fingerprint density at radius 2 is 1.78 bits per heavy atom. The molecular weight excluding hydrogens is 288 g/mol. The average Bonchev–Trinajstić information content (AvgIpc) is 2.98. The van der Waals surface area contributed by atoms with Crippen LogP contribution in [0, 0.1) is 13.8 Å². The summed E-state index contributed by atoms with van der Waals surface area (Å²) < 4.78 is 5.35. The fourth-order valence-electron chi connectivity index (χ4n) is 3.35. The highest BCUT2D eigenvalue weighted by molar-refractivity contribution is 6.15. The molecule has 118 valence electrons. The summed E-state index contributed by atoms with van der Waals surface area (Å²) in [5.41, 5.74) is 5.31. The topological polar surface area (TPSA) is 45.3 Å². The van der Waals surface area contributed by atoms with Gasteiger partial charge in [-0.05, 0) is 31.0 Å². The molecule has 3 aromatic rings. The summed E-state index contributed by atoms with van der Waals surface area (Å²) in [6.45, 7) is 6.79. The molecule has 1 N–H and O–H groups in total. The zero-order valence-electron chi connectivity index (χ0n) is 13.5. The van der Waals surface area contributed by atoms with Crippen LogP contribution in [0.3, 0.4) is 0 Å². The maximum absolute atomic E-state index is 12.9. The number of fused-ring (bicyclic) bond motifs is 3. The van der Waals surface area contributed by atoms with E-state index in [4.69, 9.17) is 4.74 Å². The second kappa shape index (κ2) is 5.39. The number of benzene rings is 2. The molecule has 1 aliphatic heterocycles. The van der Waals surface area contributed by atoms with Gasteiger partial charge in [-0.15, -0.1) is 0 Å². The van der Waals surface area contributed by atoms with Crippen LogP contribution in [0.1, 0.15) is 21.5 Å². The molecule has 23 heavy (non-hydrogen) atoms. The number of carbonyl (C=O) groups is 1. The Hall–Kier alpha value is -2.33. The second-order valence-electron chi connectivity index (χ2n) is 6.19. The van der Waals surface area contributed by atoms with Crippen molar-refractivity contribution < 1.29 is 9.53 Å². The van der Waals surface area contributed by atoms with Gasteiger partial charge < -0.3 is 14.6 Å². The van der Waals surface area contributed by atoms with Crippen molar-refractivity contribution in [2.75, 3.05) is 26.3 Å². The molecule has 0 radical (unpaired) electrons. The number of carbonyl (C=O) groups excluding carboxylic acids is 1. The summed E-state index contributed by atoms with van der Waals surface area (Å²) in [6.07, 6.45) is 0. The molecule has 1 aliphatic rings. The molecule has 0 unspecified atom stereocenters. The van der Waals surface area contributed by atoms with Crippen LogP contribution in [0.25, 0.3) is 21.8 Å². The lowest BCUT2D eigenvalue weighted by molar-refractivity contribution is 0.0304. The fourth-order valence-corrected chi connectivity index (χ4v) is 3.35. The van der Waals surface area contributed by atoms with Crippen molar-refractivity contribution in [3.63, 3.8) is 0 Å². The molecule has 4 heteroatoms. The van der Waals surface area contributed by atoms with Gasteiger partial charge in [0.15, 0.2) is 0 Å². The lowest BCUT2D eigenvalue weighted by Crippen LogP contribution is -2.40. The number of nitrogens with zero attached hydrogens (tertiary/aromatic N) is 1. The van der Waals surface area contributed by atoms with Crippen molar-refractivity contribution in [2.24, 2.45) is 0 Å². The van der Waals surface area contributed by atoms with E-state index >= 15 is 0 Å². The normalized spacial score (nSPS) is 15.5. The van der Waals surface area contributed by atoms with E-state index in [1.54, 1.807) is 0 Å². The zero-order chi connectivity index (χ0) is 16.0. The minimum absolute atomic E-state index is 0.0832. The van der Waals surface area contributed by atoms with E-state index in [2.05, 4.69) is 37.0 Å². The van der Waals surface area contributed by atoms with Crippen molar-refractivity contribution in [3.05, 3.63) is 47.0 Å². The quantitative estimate of drug-likeness (QED) is 0.749. The standard InChI is InChI=1S/C19H20N2O2/c1-12-6-7-15-14-4-3-5-16(18(14)20-17(15)13(12)2)19(22)21-8-10-23-11-9-21/h3-7,20H,8-11H2,1-2H3. The maximum atomic E-state index is 12.9. The molecule has 2 aromatic carbocycles. The second-order valence-corrected chi connectivity index (χ2v) is 6.19. The molecule has 0 saturated carbocycles. The Morgan fingerprint density at radius 3 is 2.57 bits per heavy atom. The number of hydrogen-bond donors (Lipinski definition) is 1. The Kier molecular flexibility index (Phi) is 3.34. The van der Waals surface area contributed by atoms with Gasteiger partial charge in [-0.3, -0.25) is 4.79 Å². The monoisotopic (exact) mass is 308 g/mol. The molecule has 0 bridgehead atoms. The number of aryl methyl sites for hydroxylation is 2. The highest BCUT2D eigenvalue weighted by Gasteiger charge is 2.21. The SMILES string of the molecule is Cc1ccc2c([nH]c3c(C(=O)N4CCOCC4)cccc32)c1C. The summed E-state index contributed by atoms with van der Waals surface area (Å²) in [5.74, 6) is 0.0832. The number of amides is 1. The van der Waals surface area contributed by atoms with Gasteiger partial charge in [0.05, 0.1) is 24.3 Å². The van der Waals surface area contributed by atoms with E-state index in [9.17, 15) is 4.79 Å². The predicted octanol–water partition coefficient (Wildman–Crippen LogP) is 3.41. The Labute approximate surface area is 135 Å². The summed E-state index contributed by atoms with van der Waals surface area (Å²) >= 11 is 0. The van der Waals surface area contributed by atoms with Gasteiger partial charge in [0.25, 0.3) is 5.91 Å². The lowest BCUT2D eigenvalue weighted by atomic mass is 10.0. The number of H-pyrrole nitrogens is 1. The Morgan fingerprint density at radius 1 is 1.04 bits per heavy atom. The first-order valence-corrected chi connectivity index (χ1v) is 8.04. The van der Waals surface area contributed by atoms with Crippen molar-refractivity contribution in [1.82, 2.24) is 9.88 Å². The van der Waals surface area contributed by atoms with Crippen molar-refractivity contribution in [2.45, 2.75) is 13.8 Å². The third kappa shape index (κ3) is 2.21. The summed E-state index contributed by atoms with van der Waals surface area (Å²) in [4.78, 5) is 18.3. The van der Waals surface area contributed by atoms with Gasteiger partial charge >= 0.3 is 0 Å². The van der Waals surface area contributed by atoms with Crippen LogP contribution in [0.4, 0.5) is 0 Å². The number of hydrogen-bond acceptors (Lipinski definition) is 2. The average molecular weight is 308 g/mol. The molecule has 2 heterocycles. The zero-order valence-corrected chi connectivity index (χ0v) is 13.5. The maximum Gasteiger partial charge on any atom is 0.256 e. The molecule has 1 amide bonds. The molecule has 1 aromatic heterocycles. The van der Waals surface area contributed by atoms with Gasteiger partial charge in [0.1, 0.15) is 0 Å². The van der Waals surface area contributed by atoms with Gasteiger partial charge in [-0.25, -0.2) is 0 Å². The number of para-hydroxylation sites is 1. The number of aromatic nitrogens is 1. The molecule has 0 spiro atoms. The van der Waals surface area contributed by atoms with Crippen LogP contribution in [0.15, 0.2) is 30.3 Å². The molecule has 0 atom stereocenters. The van der Waals surface area contributed by atoms with Crippen molar-refractivity contribution in [3.8, 4) is 0 Å². The summed E-state index contributed by atoms with van der Waals surface area (Å²) in [5, 5.41) is 2.29. The summed E-state index contributed by atoms with van der Waals surface area (Å²) in [7, 11) is 0. The van der Waals surface area contributed by atoms with E-state index in [1.165, 1.54) is 16.5 Å². The molecule has 4 rings (SSSR count). The predicted molar refractivity (Wildman–Crippen MR) is 92.0 cm³/mol. The van der Waals surface area contributed by atoms with Gasteiger partial charge in [0.2, 0.25) is 0 Å². The number of aromatic amines is 1. The number of ether oxygens (including phenoxy) is 1. The minimum Gasteiger partial charge on any atom is -0.378 e. The van der Waals surface area contributed by atoms with Gasteiger partial charge in [0, 0.05) is 29.4 Å². The Bertz CT molecular complexity index is 905. The first-order chi connectivity index (χ1) is 11.2. The highest BCUT2D eigenvalue weighted by Crippen LogP contribution is 2.31. The van der Waals surface area contributed by atoms with Crippen LogP contribution in [0.5, 0.6) is 0 Å². The molecule has 1 saturated heterocycles. The molecule has 4 nitrogen and oxygen atoms in total. The van der Waals surface area contributed by atoms with Gasteiger partial charge in [-0.2, -0.15) is 0 Å². The van der Waals surface area contributed by atoms with E-state index in [0.717, 1.165) is 22.0 Å². The van der Waals surface area contributed by atoms with E-state index in [-0.39, 0.29) is 5.91 Å². The fraction of sp³-hybridized carbons (Fsp3) is 0.316. The third-order valence-corrected chi connectivity index (χ3v) is 4.87. The third-order valence-electron chi connectivity index (χ3n) is 4.87. The van der Waals surface area contributed by atoms with Crippen LogP contribution in [-0.2, 0) is 4.74 Å². The van der Waals surface area contributed by atoms with E-state index in [1.807, 2.05) is 17.0 Å². The first-order valence-electron chi connectivity index (χ1n) is 8.04. The van der Waals surface area contributed by atoms with Gasteiger partial charge in [-0.1, -0.05) is 24.3 Å². The number of nitrogens with one attached hydrogen (secondary N) is 1. The van der Waals surface area contributed by atoms with Crippen molar-refractivity contribution in [1.29, 1.82) is 0 Å². The van der Waals surface area contributed by atoms with Crippen LogP contribution in [0.2, 0.25) is 0 Å².